The SMILES string of the molecule is CC1OCCC1(C)NS(=O)(=O)CCN. The van der Waals surface area contributed by atoms with Crippen molar-refractivity contribution in [1.29, 1.82) is 0 Å². The van der Waals surface area contributed by atoms with Gasteiger partial charge in [-0.25, -0.2) is 13.1 Å². The number of nitrogens with two attached hydrogens (primary N) is 1. The van der Waals surface area contributed by atoms with Gasteiger partial charge in [-0.05, 0) is 20.3 Å². The van der Waals surface area contributed by atoms with Crippen LogP contribution >= 0.6 is 0 Å². The lowest BCUT2D eigenvalue weighted by molar-refractivity contribution is 0.0957. The Morgan fingerprint density at radius 2 is 2.29 bits per heavy atom. The highest BCUT2D eigenvalue weighted by Crippen LogP contribution is 2.25. The van der Waals surface area contributed by atoms with Gasteiger partial charge in [0.15, 0.2) is 0 Å². The highest BCUT2D eigenvalue weighted by molar-refractivity contribution is 7.89. The van der Waals surface area contributed by atoms with Gasteiger partial charge in [-0.2, -0.15) is 0 Å². The van der Waals surface area contributed by atoms with Crippen LogP contribution in [0.5, 0.6) is 0 Å². The van der Waals surface area contributed by atoms with E-state index in [9.17, 15) is 8.42 Å². The molecule has 0 saturated carbocycles. The molecule has 6 heteroatoms. The third-order valence-corrected chi connectivity index (χ3v) is 4.21. The van der Waals surface area contributed by atoms with Crippen molar-refractivity contribution in [2.45, 2.75) is 31.9 Å². The summed E-state index contributed by atoms with van der Waals surface area (Å²) in [5.41, 5.74) is 4.74. The number of sulfonamides is 1. The minimum Gasteiger partial charge on any atom is -0.376 e. The van der Waals surface area contributed by atoms with Crippen molar-refractivity contribution in [2.24, 2.45) is 5.73 Å². The van der Waals surface area contributed by atoms with E-state index >= 15 is 0 Å². The molecular weight excluding hydrogens is 204 g/mol. The molecule has 0 amide bonds. The fraction of sp³-hybridized carbons (Fsp3) is 1.00. The van der Waals surface area contributed by atoms with Gasteiger partial charge in [0.1, 0.15) is 0 Å². The summed E-state index contributed by atoms with van der Waals surface area (Å²) in [5.74, 6) is -0.0324. The van der Waals surface area contributed by atoms with Crippen LogP contribution < -0.4 is 10.5 Å². The highest BCUT2D eigenvalue weighted by atomic mass is 32.2. The summed E-state index contributed by atoms with van der Waals surface area (Å²) in [6, 6.07) is 0. The van der Waals surface area contributed by atoms with Crippen LogP contribution in [0.2, 0.25) is 0 Å². The van der Waals surface area contributed by atoms with Gasteiger partial charge in [-0.15, -0.1) is 0 Å². The van der Waals surface area contributed by atoms with Gasteiger partial charge in [-0.1, -0.05) is 0 Å². The average Bonchev–Trinajstić information content (AvgIpc) is 2.30. The molecule has 0 aromatic carbocycles. The lowest BCUT2D eigenvalue weighted by Crippen LogP contribution is -2.51. The van der Waals surface area contributed by atoms with Crippen molar-refractivity contribution in [3.05, 3.63) is 0 Å². The zero-order chi connectivity index (χ0) is 10.8. The molecule has 14 heavy (non-hydrogen) atoms. The summed E-state index contributed by atoms with van der Waals surface area (Å²) in [4.78, 5) is 0. The Morgan fingerprint density at radius 3 is 2.71 bits per heavy atom. The molecule has 1 saturated heterocycles. The predicted molar refractivity (Wildman–Crippen MR) is 54.4 cm³/mol. The molecule has 0 aliphatic carbocycles. The summed E-state index contributed by atoms with van der Waals surface area (Å²) < 4.78 is 31.0. The second kappa shape index (κ2) is 4.14. The lowest BCUT2D eigenvalue weighted by Gasteiger charge is -2.28. The van der Waals surface area contributed by atoms with E-state index in [4.69, 9.17) is 10.5 Å². The van der Waals surface area contributed by atoms with Gasteiger partial charge < -0.3 is 10.5 Å². The van der Waals surface area contributed by atoms with E-state index in [1.807, 2.05) is 13.8 Å². The van der Waals surface area contributed by atoms with Crippen LogP contribution in [0.1, 0.15) is 20.3 Å². The average molecular weight is 222 g/mol. The molecule has 1 fully saturated rings. The zero-order valence-corrected chi connectivity index (χ0v) is 9.43. The van der Waals surface area contributed by atoms with Crippen LogP contribution in [0.4, 0.5) is 0 Å². The molecule has 5 nitrogen and oxygen atoms in total. The Labute approximate surface area is 85.1 Å². The van der Waals surface area contributed by atoms with Crippen LogP contribution in [-0.2, 0) is 14.8 Å². The van der Waals surface area contributed by atoms with E-state index < -0.39 is 15.6 Å². The smallest absolute Gasteiger partial charge is 0.213 e. The van der Waals surface area contributed by atoms with E-state index in [0.717, 1.165) is 0 Å². The second-order valence-corrected chi connectivity index (χ2v) is 5.73. The van der Waals surface area contributed by atoms with Crippen molar-refractivity contribution in [2.75, 3.05) is 18.9 Å². The molecule has 0 aromatic rings. The fourth-order valence-corrected chi connectivity index (χ4v) is 2.92. The van der Waals surface area contributed by atoms with Crippen molar-refractivity contribution in [3.63, 3.8) is 0 Å². The first-order valence-electron chi connectivity index (χ1n) is 4.73. The van der Waals surface area contributed by atoms with Gasteiger partial charge >= 0.3 is 0 Å². The van der Waals surface area contributed by atoms with E-state index in [-0.39, 0.29) is 18.4 Å². The Bertz CT molecular complexity index is 291. The summed E-state index contributed by atoms with van der Waals surface area (Å²) in [6.07, 6.45) is 0.618. The van der Waals surface area contributed by atoms with Gasteiger partial charge in [0, 0.05) is 13.2 Å². The van der Waals surface area contributed by atoms with Crippen LogP contribution in [0, 0.1) is 0 Å². The largest absolute Gasteiger partial charge is 0.376 e. The molecule has 0 aromatic heterocycles. The maximum Gasteiger partial charge on any atom is 0.213 e. The third kappa shape index (κ3) is 2.66. The van der Waals surface area contributed by atoms with Crippen LogP contribution in [0.3, 0.4) is 0 Å². The monoisotopic (exact) mass is 222 g/mol. The Morgan fingerprint density at radius 1 is 1.64 bits per heavy atom. The van der Waals surface area contributed by atoms with Crippen LogP contribution in [0.15, 0.2) is 0 Å². The molecule has 0 bridgehead atoms. The highest BCUT2D eigenvalue weighted by Gasteiger charge is 2.39. The molecule has 0 spiro atoms. The Balaban J connectivity index is 2.67. The van der Waals surface area contributed by atoms with Gasteiger partial charge in [0.25, 0.3) is 0 Å². The zero-order valence-electron chi connectivity index (χ0n) is 8.62. The summed E-state index contributed by atoms with van der Waals surface area (Å²) in [7, 11) is -3.26. The lowest BCUT2D eigenvalue weighted by atomic mass is 9.97. The normalized spacial score (nSPS) is 33.5. The number of hydrogen-bond donors (Lipinski definition) is 2. The summed E-state index contributed by atoms with van der Waals surface area (Å²) in [6.45, 7) is 4.47. The third-order valence-electron chi connectivity index (χ3n) is 2.66. The van der Waals surface area contributed by atoms with Crippen LogP contribution in [-0.4, -0.2) is 39.0 Å². The van der Waals surface area contributed by atoms with Gasteiger partial charge in [0.05, 0.1) is 17.4 Å². The maximum atomic E-state index is 11.5. The molecule has 3 N–H and O–H groups in total. The van der Waals surface area contributed by atoms with Crippen molar-refractivity contribution in [1.82, 2.24) is 4.72 Å². The summed E-state index contributed by atoms with van der Waals surface area (Å²) >= 11 is 0. The number of hydrogen-bond acceptors (Lipinski definition) is 4. The minimum absolute atomic E-state index is 0.0324. The van der Waals surface area contributed by atoms with E-state index in [1.54, 1.807) is 0 Å². The topological polar surface area (TPSA) is 81.4 Å². The molecule has 84 valence electrons. The molecule has 0 radical (unpaired) electrons. The number of nitrogens with one attached hydrogen (secondary N) is 1. The number of rotatable bonds is 4. The molecule has 1 aliphatic rings. The standard InChI is InChI=1S/C8H18N2O3S/c1-7-8(2,3-5-13-7)10-14(11,12)6-4-9/h7,10H,3-6,9H2,1-2H3. The van der Waals surface area contributed by atoms with E-state index in [2.05, 4.69) is 4.72 Å². The second-order valence-electron chi connectivity index (χ2n) is 3.89. The summed E-state index contributed by atoms with van der Waals surface area (Å²) in [5, 5.41) is 0. The van der Waals surface area contributed by atoms with Crippen molar-refractivity contribution >= 4 is 10.0 Å². The maximum absolute atomic E-state index is 11.5. The molecule has 1 rings (SSSR count). The Hall–Kier alpha value is -0.170. The van der Waals surface area contributed by atoms with E-state index in [0.29, 0.717) is 13.0 Å². The number of ether oxygens (including phenoxy) is 1. The Kier molecular flexibility index (Phi) is 3.52. The van der Waals surface area contributed by atoms with Gasteiger partial charge in [0.2, 0.25) is 10.0 Å². The molecule has 1 aliphatic heterocycles. The fourth-order valence-electron chi connectivity index (χ4n) is 1.53. The van der Waals surface area contributed by atoms with Crippen molar-refractivity contribution < 1.29 is 13.2 Å². The van der Waals surface area contributed by atoms with Gasteiger partial charge in [-0.3, -0.25) is 0 Å². The molecular formula is C8H18N2O3S. The molecule has 2 unspecified atom stereocenters. The van der Waals surface area contributed by atoms with E-state index in [1.165, 1.54) is 0 Å². The molecule has 1 heterocycles. The first kappa shape index (κ1) is 11.9. The predicted octanol–water partition coefficient (Wildman–Crippen LogP) is -0.568. The van der Waals surface area contributed by atoms with Crippen molar-refractivity contribution in [3.8, 4) is 0 Å². The molecule has 2 atom stereocenters. The first-order chi connectivity index (χ1) is 6.40. The van der Waals surface area contributed by atoms with Crippen LogP contribution in [0.25, 0.3) is 0 Å². The quantitative estimate of drug-likeness (QED) is 0.667. The first-order valence-corrected chi connectivity index (χ1v) is 6.38. The minimum atomic E-state index is -3.26.